The lowest BCUT2D eigenvalue weighted by Crippen LogP contribution is -2.38. The van der Waals surface area contributed by atoms with E-state index in [0.29, 0.717) is 42.2 Å². The van der Waals surface area contributed by atoms with Gasteiger partial charge in [0.15, 0.2) is 5.78 Å². The Bertz CT molecular complexity index is 1310. The average Bonchev–Trinajstić information content (AvgIpc) is 3.50. The molecular formula is C28H28N4O3. The molecule has 5 rings (SSSR count). The van der Waals surface area contributed by atoms with Crippen LogP contribution in [0.3, 0.4) is 0 Å². The first-order valence-corrected chi connectivity index (χ1v) is 11.9. The molecule has 1 amide bonds. The highest BCUT2D eigenvalue weighted by molar-refractivity contribution is 6.09. The van der Waals surface area contributed by atoms with Crippen LogP contribution in [0.5, 0.6) is 0 Å². The molecule has 7 nitrogen and oxygen atoms in total. The number of rotatable bonds is 6. The molecule has 2 aromatic heterocycles. The van der Waals surface area contributed by atoms with Crippen LogP contribution in [0.1, 0.15) is 67.9 Å². The maximum atomic E-state index is 13.1. The Labute approximate surface area is 204 Å². The molecule has 0 bridgehead atoms. The highest BCUT2D eigenvalue weighted by Gasteiger charge is 2.27. The van der Waals surface area contributed by atoms with Crippen molar-refractivity contribution >= 4 is 11.7 Å². The fraction of sp³-hybridized carbons (Fsp3) is 0.286. The van der Waals surface area contributed by atoms with Crippen molar-refractivity contribution in [1.82, 2.24) is 19.6 Å². The van der Waals surface area contributed by atoms with Gasteiger partial charge in [-0.2, -0.15) is 0 Å². The maximum Gasteiger partial charge on any atom is 0.253 e. The topological polar surface area (TPSA) is 81.2 Å². The monoisotopic (exact) mass is 468 g/mol. The molecule has 7 heteroatoms. The van der Waals surface area contributed by atoms with Gasteiger partial charge in [-0.3, -0.25) is 9.59 Å². The molecule has 1 fully saturated rings. The molecule has 2 aromatic carbocycles. The third kappa shape index (κ3) is 4.67. The van der Waals surface area contributed by atoms with E-state index in [2.05, 4.69) is 14.7 Å². The van der Waals surface area contributed by atoms with Crippen molar-refractivity contribution in [1.29, 1.82) is 0 Å². The third-order valence-corrected chi connectivity index (χ3v) is 6.83. The van der Waals surface area contributed by atoms with Crippen LogP contribution >= 0.6 is 0 Å². The van der Waals surface area contributed by atoms with E-state index in [9.17, 15) is 9.59 Å². The number of aromatic nitrogens is 3. The molecule has 35 heavy (non-hydrogen) atoms. The number of imidazole rings is 1. The molecule has 1 aliphatic heterocycles. The molecule has 178 valence electrons. The molecule has 3 heterocycles. The first kappa shape index (κ1) is 22.8. The van der Waals surface area contributed by atoms with E-state index in [1.807, 2.05) is 49.3 Å². The van der Waals surface area contributed by atoms with Crippen LogP contribution in [-0.4, -0.2) is 44.4 Å². The number of benzene rings is 2. The molecule has 0 unspecified atom stereocenters. The highest BCUT2D eigenvalue weighted by Crippen LogP contribution is 2.29. The molecule has 0 atom stereocenters. The van der Waals surface area contributed by atoms with Crippen LogP contribution in [0.25, 0.3) is 0 Å². The van der Waals surface area contributed by atoms with Gasteiger partial charge in [0.25, 0.3) is 5.91 Å². The van der Waals surface area contributed by atoms with Gasteiger partial charge in [-0.25, -0.2) is 4.98 Å². The van der Waals surface area contributed by atoms with Crippen molar-refractivity contribution in [2.45, 2.75) is 39.2 Å². The Kier molecular flexibility index (Phi) is 6.31. The van der Waals surface area contributed by atoms with Crippen LogP contribution in [0.15, 0.2) is 71.5 Å². The van der Waals surface area contributed by atoms with Crippen molar-refractivity contribution in [3.63, 3.8) is 0 Å². The van der Waals surface area contributed by atoms with E-state index in [4.69, 9.17) is 4.52 Å². The minimum Gasteiger partial charge on any atom is -0.361 e. The van der Waals surface area contributed by atoms with Crippen molar-refractivity contribution in [3.8, 4) is 0 Å². The van der Waals surface area contributed by atoms with Crippen molar-refractivity contribution in [3.05, 3.63) is 107 Å². The van der Waals surface area contributed by atoms with E-state index in [-0.39, 0.29) is 11.7 Å². The van der Waals surface area contributed by atoms with Crippen LogP contribution in [0.4, 0.5) is 0 Å². The van der Waals surface area contributed by atoms with E-state index in [1.54, 1.807) is 36.4 Å². The Hall–Kier alpha value is -4.00. The number of hydrogen-bond acceptors (Lipinski definition) is 5. The van der Waals surface area contributed by atoms with E-state index >= 15 is 0 Å². The summed E-state index contributed by atoms with van der Waals surface area (Å²) in [4.78, 5) is 32.3. The second-order valence-electron chi connectivity index (χ2n) is 9.06. The summed E-state index contributed by atoms with van der Waals surface area (Å²) in [6.45, 7) is 5.92. The van der Waals surface area contributed by atoms with Gasteiger partial charge in [-0.15, -0.1) is 0 Å². The standard InChI is InChI=1S/C28H28N4O3/c1-19-25(20(2)35-30-19)18-32-17-14-29-27(32)23-12-15-31(16-13-23)28(34)24-10-8-22(9-11-24)26(33)21-6-4-3-5-7-21/h3-11,14,17,23H,12-13,15-16,18H2,1-2H3. The SMILES string of the molecule is Cc1noc(C)c1Cn1ccnc1C1CCN(C(=O)c2ccc(C(=O)c3ccccc3)cc2)CC1. The van der Waals surface area contributed by atoms with Gasteiger partial charge in [-0.1, -0.05) is 47.6 Å². The summed E-state index contributed by atoms with van der Waals surface area (Å²) in [7, 11) is 0. The largest absolute Gasteiger partial charge is 0.361 e. The minimum atomic E-state index is -0.0440. The Morgan fingerprint density at radius 2 is 1.60 bits per heavy atom. The van der Waals surface area contributed by atoms with E-state index in [1.165, 1.54) is 0 Å². The predicted octanol–water partition coefficient (Wildman–Crippen LogP) is 4.79. The molecular weight excluding hydrogens is 440 g/mol. The van der Waals surface area contributed by atoms with Crippen LogP contribution in [0, 0.1) is 13.8 Å². The lowest BCUT2D eigenvalue weighted by atomic mass is 9.95. The van der Waals surface area contributed by atoms with Gasteiger partial charge in [0.05, 0.1) is 12.2 Å². The number of nitrogens with zero attached hydrogens (tertiary/aromatic N) is 4. The third-order valence-electron chi connectivity index (χ3n) is 6.83. The number of carbonyl (C=O) groups excluding carboxylic acids is 2. The molecule has 1 aliphatic rings. The summed E-state index contributed by atoms with van der Waals surface area (Å²) in [5.41, 5.74) is 3.82. The van der Waals surface area contributed by atoms with Gasteiger partial charge >= 0.3 is 0 Å². The van der Waals surface area contributed by atoms with Gasteiger partial charge in [0, 0.05) is 53.7 Å². The van der Waals surface area contributed by atoms with Gasteiger partial charge in [-0.05, 0) is 38.8 Å². The molecule has 1 saturated heterocycles. The smallest absolute Gasteiger partial charge is 0.253 e. The first-order chi connectivity index (χ1) is 17.0. The number of ketones is 1. The number of aryl methyl sites for hydroxylation is 2. The zero-order chi connectivity index (χ0) is 24.4. The van der Waals surface area contributed by atoms with Gasteiger partial charge in [0.1, 0.15) is 11.6 Å². The second-order valence-corrected chi connectivity index (χ2v) is 9.06. The summed E-state index contributed by atoms with van der Waals surface area (Å²) in [6.07, 6.45) is 5.55. The molecule has 0 radical (unpaired) electrons. The minimum absolute atomic E-state index is 0.00113. The lowest BCUT2D eigenvalue weighted by molar-refractivity contribution is 0.0710. The normalized spacial score (nSPS) is 14.3. The number of likely N-dealkylation sites (tertiary alicyclic amines) is 1. The van der Waals surface area contributed by atoms with Crippen LogP contribution in [0.2, 0.25) is 0 Å². The summed E-state index contributed by atoms with van der Waals surface area (Å²) >= 11 is 0. The fourth-order valence-corrected chi connectivity index (χ4v) is 4.76. The van der Waals surface area contributed by atoms with E-state index in [0.717, 1.165) is 35.7 Å². The second kappa shape index (κ2) is 9.70. The Balaban J connectivity index is 1.22. The first-order valence-electron chi connectivity index (χ1n) is 11.9. The maximum absolute atomic E-state index is 13.1. The molecule has 4 aromatic rings. The van der Waals surface area contributed by atoms with Crippen molar-refractivity contribution in [2.24, 2.45) is 0 Å². The van der Waals surface area contributed by atoms with Crippen molar-refractivity contribution in [2.75, 3.05) is 13.1 Å². The molecule has 0 saturated carbocycles. The molecule has 0 aliphatic carbocycles. The average molecular weight is 469 g/mol. The van der Waals surface area contributed by atoms with Crippen LogP contribution in [-0.2, 0) is 6.54 Å². The summed E-state index contributed by atoms with van der Waals surface area (Å²) in [5.74, 6) is 2.12. The van der Waals surface area contributed by atoms with Crippen molar-refractivity contribution < 1.29 is 14.1 Å². The summed E-state index contributed by atoms with van der Waals surface area (Å²) < 4.78 is 7.47. The predicted molar refractivity (Wildman–Crippen MR) is 132 cm³/mol. The fourth-order valence-electron chi connectivity index (χ4n) is 4.76. The van der Waals surface area contributed by atoms with Gasteiger partial charge in [0.2, 0.25) is 0 Å². The number of hydrogen-bond donors (Lipinski definition) is 0. The van der Waals surface area contributed by atoms with Gasteiger partial charge < -0.3 is 14.0 Å². The lowest BCUT2D eigenvalue weighted by Gasteiger charge is -2.32. The number of carbonyl (C=O) groups is 2. The number of piperidine rings is 1. The molecule has 0 N–H and O–H groups in total. The summed E-state index contributed by atoms with van der Waals surface area (Å²) in [5, 5.41) is 4.06. The molecule has 0 spiro atoms. The Morgan fingerprint density at radius 3 is 2.26 bits per heavy atom. The zero-order valence-electron chi connectivity index (χ0n) is 20.0. The zero-order valence-corrected chi connectivity index (χ0v) is 20.0. The quantitative estimate of drug-likeness (QED) is 0.380. The summed E-state index contributed by atoms with van der Waals surface area (Å²) in [6, 6.07) is 16.1. The highest BCUT2D eigenvalue weighted by atomic mass is 16.5. The van der Waals surface area contributed by atoms with E-state index < -0.39 is 0 Å². The number of amides is 1. The Morgan fingerprint density at radius 1 is 0.943 bits per heavy atom. The van der Waals surface area contributed by atoms with Crippen LogP contribution < -0.4 is 0 Å².